The van der Waals surface area contributed by atoms with Crippen molar-refractivity contribution in [1.29, 1.82) is 0 Å². The zero-order valence-corrected chi connectivity index (χ0v) is 17.6. The monoisotopic (exact) mass is 421 g/mol. The first-order chi connectivity index (χ1) is 15.0. The highest BCUT2D eigenvalue weighted by atomic mass is 16.5. The number of amides is 1. The maximum absolute atomic E-state index is 13.1. The van der Waals surface area contributed by atoms with E-state index in [1.807, 2.05) is 30.3 Å². The van der Waals surface area contributed by atoms with E-state index in [2.05, 4.69) is 9.97 Å². The van der Waals surface area contributed by atoms with Crippen LogP contribution in [0.5, 0.6) is 11.5 Å². The predicted octanol–water partition coefficient (Wildman–Crippen LogP) is 2.98. The second-order valence-electron chi connectivity index (χ2n) is 6.62. The van der Waals surface area contributed by atoms with Gasteiger partial charge in [0.2, 0.25) is 0 Å². The molecule has 0 bridgehead atoms. The number of methoxy groups -OCH3 is 3. The summed E-state index contributed by atoms with van der Waals surface area (Å²) in [7, 11) is 4.36. The highest BCUT2D eigenvalue weighted by Crippen LogP contribution is 2.24. The van der Waals surface area contributed by atoms with E-state index in [4.69, 9.17) is 14.2 Å². The van der Waals surface area contributed by atoms with Crippen molar-refractivity contribution in [2.24, 2.45) is 0 Å². The van der Waals surface area contributed by atoms with Crippen molar-refractivity contribution < 1.29 is 23.8 Å². The molecule has 160 valence electrons. The summed E-state index contributed by atoms with van der Waals surface area (Å²) in [5.74, 6) is 0.733. The summed E-state index contributed by atoms with van der Waals surface area (Å²) in [6.07, 6.45) is 2.90. The number of hydrogen-bond donors (Lipinski definition) is 0. The SMILES string of the molecule is COC(=O)CN(Cc1cc(OC)cc(OC)c1)C(=O)c1cnc(-c2ccccc2)nc1. The first-order valence-electron chi connectivity index (χ1n) is 9.49. The molecule has 0 aliphatic heterocycles. The Morgan fingerprint density at radius 1 is 0.903 bits per heavy atom. The molecule has 1 heterocycles. The minimum Gasteiger partial charge on any atom is -0.497 e. The molecule has 0 aliphatic carbocycles. The summed E-state index contributed by atoms with van der Waals surface area (Å²) in [6, 6.07) is 14.7. The number of benzene rings is 2. The molecule has 0 atom stereocenters. The normalized spacial score (nSPS) is 10.3. The molecular formula is C23H23N3O5. The zero-order valence-electron chi connectivity index (χ0n) is 17.6. The van der Waals surface area contributed by atoms with E-state index in [1.165, 1.54) is 24.4 Å². The molecule has 1 aromatic heterocycles. The Bertz CT molecular complexity index is 1020. The Hall–Kier alpha value is -3.94. The van der Waals surface area contributed by atoms with Crippen molar-refractivity contribution >= 4 is 11.9 Å². The Labute approximate surface area is 180 Å². The molecule has 3 aromatic rings. The third kappa shape index (κ3) is 5.57. The lowest BCUT2D eigenvalue weighted by molar-refractivity contribution is -0.141. The first kappa shape index (κ1) is 21.8. The molecular weight excluding hydrogens is 398 g/mol. The third-order valence-electron chi connectivity index (χ3n) is 4.55. The van der Waals surface area contributed by atoms with Crippen LogP contribution in [0.2, 0.25) is 0 Å². The zero-order chi connectivity index (χ0) is 22.2. The van der Waals surface area contributed by atoms with Crippen molar-refractivity contribution in [3.63, 3.8) is 0 Å². The van der Waals surface area contributed by atoms with Crippen LogP contribution in [0, 0.1) is 0 Å². The molecule has 2 aromatic carbocycles. The topological polar surface area (TPSA) is 90.8 Å². The molecule has 0 aliphatic rings. The van der Waals surface area contributed by atoms with Gasteiger partial charge in [0, 0.05) is 30.6 Å². The molecule has 8 nitrogen and oxygen atoms in total. The van der Waals surface area contributed by atoms with Crippen molar-refractivity contribution in [3.8, 4) is 22.9 Å². The fourth-order valence-electron chi connectivity index (χ4n) is 2.96. The van der Waals surface area contributed by atoms with Crippen LogP contribution in [-0.2, 0) is 16.1 Å². The van der Waals surface area contributed by atoms with Crippen LogP contribution in [0.3, 0.4) is 0 Å². The smallest absolute Gasteiger partial charge is 0.325 e. The summed E-state index contributed by atoms with van der Waals surface area (Å²) in [4.78, 5) is 35.0. The number of carbonyl (C=O) groups excluding carboxylic acids is 2. The quantitative estimate of drug-likeness (QED) is 0.517. The Morgan fingerprint density at radius 2 is 1.52 bits per heavy atom. The maximum Gasteiger partial charge on any atom is 0.325 e. The van der Waals surface area contributed by atoms with Gasteiger partial charge in [0.1, 0.15) is 18.0 Å². The Morgan fingerprint density at radius 3 is 2.06 bits per heavy atom. The van der Waals surface area contributed by atoms with Crippen molar-refractivity contribution in [2.75, 3.05) is 27.9 Å². The van der Waals surface area contributed by atoms with Gasteiger partial charge in [-0.1, -0.05) is 30.3 Å². The van der Waals surface area contributed by atoms with Crippen LogP contribution < -0.4 is 9.47 Å². The fourth-order valence-corrected chi connectivity index (χ4v) is 2.96. The summed E-state index contributed by atoms with van der Waals surface area (Å²) >= 11 is 0. The lowest BCUT2D eigenvalue weighted by Crippen LogP contribution is -2.36. The molecule has 3 rings (SSSR count). The molecule has 0 radical (unpaired) electrons. The lowest BCUT2D eigenvalue weighted by atomic mass is 10.1. The maximum atomic E-state index is 13.1. The average molecular weight is 421 g/mol. The van der Waals surface area contributed by atoms with E-state index in [0.29, 0.717) is 17.3 Å². The highest BCUT2D eigenvalue weighted by Gasteiger charge is 2.21. The van der Waals surface area contributed by atoms with Crippen molar-refractivity contribution in [2.45, 2.75) is 6.54 Å². The van der Waals surface area contributed by atoms with Crippen LogP contribution in [0.15, 0.2) is 60.9 Å². The van der Waals surface area contributed by atoms with Gasteiger partial charge in [-0.25, -0.2) is 9.97 Å². The molecule has 0 saturated carbocycles. The number of hydrogen-bond acceptors (Lipinski definition) is 7. The molecule has 0 spiro atoms. The molecule has 0 saturated heterocycles. The summed E-state index contributed by atoms with van der Waals surface area (Å²) in [5, 5.41) is 0. The highest BCUT2D eigenvalue weighted by molar-refractivity contribution is 5.95. The second-order valence-corrected chi connectivity index (χ2v) is 6.62. The molecule has 8 heteroatoms. The van der Waals surface area contributed by atoms with E-state index >= 15 is 0 Å². The van der Waals surface area contributed by atoms with Gasteiger partial charge in [-0.15, -0.1) is 0 Å². The number of nitrogens with zero attached hydrogens (tertiary/aromatic N) is 3. The van der Waals surface area contributed by atoms with Gasteiger partial charge in [-0.2, -0.15) is 0 Å². The average Bonchev–Trinajstić information content (AvgIpc) is 2.83. The van der Waals surface area contributed by atoms with Gasteiger partial charge in [-0.3, -0.25) is 9.59 Å². The van der Waals surface area contributed by atoms with Crippen molar-refractivity contribution in [1.82, 2.24) is 14.9 Å². The third-order valence-corrected chi connectivity index (χ3v) is 4.55. The van der Waals surface area contributed by atoms with E-state index in [0.717, 1.165) is 11.1 Å². The van der Waals surface area contributed by atoms with Crippen LogP contribution >= 0.6 is 0 Å². The second kappa shape index (κ2) is 10.2. The minimum atomic E-state index is -0.537. The standard InChI is InChI=1S/C23H23N3O5/c1-29-19-9-16(10-20(11-19)30-2)14-26(15-21(27)31-3)23(28)18-12-24-22(25-13-18)17-7-5-4-6-8-17/h4-13H,14-15H2,1-3H3. The predicted molar refractivity (Wildman–Crippen MR) is 114 cm³/mol. The van der Waals surface area contributed by atoms with E-state index in [1.54, 1.807) is 32.4 Å². The van der Waals surface area contributed by atoms with Gasteiger partial charge >= 0.3 is 5.97 Å². The summed E-state index contributed by atoms with van der Waals surface area (Å²) < 4.78 is 15.3. The number of aromatic nitrogens is 2. The molecule has 1 amide bonds. The number of carbonyl (C=O) groups is 2. The first-order valence-corrected chi connectivity index (χ1v) is 9.49. The Kier molecular flexibility index (Phi) is 7.16. The van der Waals surface area contributed by atoms with Crippen LogP contribution in [-0.4, -0.2) is 54.6 Å². The van der Waals surface area contributed by atoms with Gasteiger partial charge < -0.3 is 19.1 Å². The van der Waals surface area contributed by atoms with Gasteiger partial charge in [0.25, 0.3) is 5.91 Å². The summed E-state index contributed by atoms with van der Waals surface area (Å²) in [5.41, 5.74) is 1.84. The number of rotatable bonds is 8. The van der Waals surface area contributed by atoms with Crippen LogP contribution in [0.1, 0.15) is 15.9 Å². The fraction of sp³-hybridized carbons (Fsp3) is 0.217. The largest absolute Gasteiger partial charge is 0.497 e. The molecule has 0 unspecified atom stereocenters. The van der Waals surface area contributed by atoms with Crippen LogP contribution in [0.25, 0.3) is 11.4 Å². The minimum absolute atomic E-state index is 0.141. The van der Waals surface area contributed by atoms with Gasteiger partial charge in [-0.05, 0) is 17.7 Å². The number of ether oxygens (including phenoxy) is 3. The van der Waals surface area contributed by atoms with Gasteiger partial charge in [0.05, 0.1) is 26.9 Å². The van der Waals surface area contributed by atoms with E-state index in [9.17, 15) is 9.59 Å². The van der Waals surface area contributed by atoms with Crippen molar-refractivity contribution in [3.05, 3.63) is 72.1 Å². The molecule has 0 fully saturated rings. The van der Waals surface area contributed by atoms with Crippen LogP contribution in [0.4, 0.5) is 0 Å². The van der Waals surface area contributed by atoms with E-state index < -0.39 is 11.9 Å². The lowest BCUT2D eigenvalue weighted by Gasteiger charge is -2.22. The van der Waals surface area contributed by atoms with Gasteiger partial charge in [0.15, 0.2) is 5.82 Å². The Balaban J connectivity index is 1.86. The summed E-state index contributed by atoms with van der Waals surface area (Å²) in [6.45, 7) is -0.0861. The molecule has 0 N–H and O–H groups in total. The number of esters is 1. The molecule has 31 heavy (non-hydrogen) atoms. The van der Waals surface area contributed by atoms with E-state index in [-0.39, 0.29) is 18.7 Å².